The third kappa shape index (κ3) is 3.71. The standard InChI is InChI=1S/C13H23NO/c1-4-6-11(3)9-14-8-7-12(10-14)13(15)5-2/h7-8,10-11,13,15H,4-6,9H2,1-3H3. The predicted molar refractivity (Wildman–Crippen MR) is 63.8 cm³/mol. The third-order valence-corrected chi connectivity index (χ3v) is 2.85. The molecule has 0 saturated heterocycles. The molecule has 0 aliphatic carbocycles. The van der Waals surface area contributed by atoms with Crippen LogP contribution in [-0.4, -0.2) is 9.67 Å². The van der Waals surface area contributed by atoms with E-state index in [1.807, 2.05) is 13.0 Å². The summed E-state index contributed by atoms with van der Waals surface area (Å²) >= 11 is 0. The van der Waals surface area contributed by atoms with Crippen molar-refractivity contribution in [2.24, 2.45) is 5.92 Å². The molecule has 1 aromatic heterocycles. The molecule has 1 N–H and O–H groups in total. The van der Waals surface area contributed by atoms with Gasteiger partial charge in [-0.25, -0.2) is 0 Å². The van der Waals surface area contributed by atoms with Crippen LogP contribution in [0.3, 0.4) is 0 Å². The van der Waals surface area contributed by atoms with Gasteiger partial charge in [0.25, 0.3) is 0 Å². The quantitative estimate of drug-likeness (QED) is 0.763. The summed E-state index contributed by atoms with van der Waals surface area (Å²) in [7, 11) is 0. The minimum atomic E-state index is -0.298. The second-order valence-corrected chi connectivity index (χ2v) is 4.46. The number of nitrogens with zero attached hydrogens (tertiary/aromatic N) is 1. The molecule has 0 bridgehead atoms. The van der Waals surface area contributed by atoms with Crippen molar-refractivity contribution in [1.82, 2.24) is 4.57 Å². The first kappa shape index (κ1) is 12.3. The van der Waals surface area contributed by atoms with E-state index in [-0.39, 0.29) is 6.10 Å². The minimum absolute atomic E-state index is 0.298. The molecule has 0 fully saturated rings. The van der Waals surface area contributed by atoms with Crippen molar-refractivity contribution in [3.8, 4) is 0 Å². The van der Waals surface area contributed by atoms with Gasteiger partial charge in [0.15, 0.2) is 0 Å². The number of hydrogen-bond donors (Lipinski definition) is 1. The summed E-state index contributed by atoms with van der Waals surface area (Å²) in [5.41, 5.74) is 1.04. The number of rotatable bonds is 6. The smallest absolute Gasteiger partial charge is 0.0802 e. The van der Waals surface area contributed by atoms with E-state index in [9.17, 15) is 5.11 Å². The van der Waals surface area contributed by atoms with E-state index in [0.29, 0.717) is 5.92 Å². The first-order chi connectivity index (χ1) is 7.17. The van der Waals surface area contributed by atoms with E-state index in [4.69, 9.17) is 0 Å². The number of aromatic nitrogens is 1. The maximum atomic E-state index is 9.67. The highest BCUT2D eigenvalue weighted by atomic mass is 16.3. The Morgan fingerprint density at radius 1 is 1.40 bits per heavy atom. The van der Waals surface area contributed by atoms with Crippen LogP contribution < -0.4 is 0 Å². The van der Waals surface area contributed by atoms with Crippen molar-refractivity contribution in [1.29, 1.82) is 0 Å². The van der Waals surface area contributed by atoms with Crippen molar-refractivity contribution in [2.45, 2.75) is 52.7 Å². The highest BCUT2D eigenvalue weighted by Gasteiger charge is 2.07. The second kappa shape index (κ2) is 5.96. The van der Waals surface area contributed by atoms with E-state index in [1.165, 1.54) is 12.8 Å². The van der Waals surface area contributed by atoms with Crippen LogP contribution in [0.5, 0.6) is 0 Å². The lowest BCUT2D eigenvalue weighted by atomic mass is 10.1. The Labute approximate surface area is 92.9 Å². The highest BCUT2D eigenvalue weighted by molar-refractivity contribution is 5.13. The largest absolute Gasteiger partial charge is 0.388 e. The maximum Gasteiger partial charge on any atom is 0.0802 e. The highest BCUT2D eigenvalue weighted by Crippen LogP contribution is 2.17. The number of aliphatic hydroxyl groups excluding tert-OH is 1. The van der Waals surface area contributed by atoms with Crippen LogP contribution >= 0.6 is 0 Å². The van der Waals surface area contributed by atoms with E-state index < -0.39 is 0 Å². The molecule has 0 radical (unpaired) electrons. The Balaban J connectivity index is 2.52. The lowest BCUT2D eigenvalue weighted by molar-refractivity contribution is 0.173. The lowest BCUT2D eigenvalue weighted by Gasteiger charge is -2.11. The minimum Gasteiger partial charge on any atom is -0.388 e. The summed E-state index contributed by atoms with van der Waals surface area (Å²) in [5, 5.41) is 9.67. The van der Waals surface area contributed by atoms with Crippen molar-refractivity contribution >= 4 is 0 Å². The average molecular weight is 209 g/mol. The summed E-state index contributed by atoms with van der Waals surface area (Å²) in [4.78, 5) is 0. The monoisotopic (exact) mass is 209 g/mol. The summed E-state index contributed by atoms with van der Waals surface area (Å²) in [6.45, 7) is 7.56. The van der Waals surface area contributed by atoms with Crippen LogP contribution in [0.1, 0.15) is 51.7 Å². The molecular weight excluding hydrogens is 186 g/mol. The Bertz CT molecular complexity index is 280. The molecule has 0 aliphatic heterocycles. The topological polar surface area (TPSA) is 25.2 Å². The van der Waals surface area contributed by atoms with Gasteiger partial charge in [-0.3, -0.25) is 0 Å². The van der Waals surface area contributed by atoms with Crippen LogP contribution in [0.2, 0.25) is 0 Å². The molecule has 0 spiro atoms. The molecule has 1 rings (SSSR count). The van der Waals surface area contributed by atoms with Gasteiger partial charge in [-0.15, -0.1) is 0 Å². The van der Waals surface area contributed by atoms with Crippen molar-refractivity contribution in [2.75, 3.05) is 0 Å². The van der Waals surface area contributed by atoms with Crippen LogP contribution in [0, 0.1) is 5.92 Å². The molecule has 0 aromatic carbocycles. The van der Waals surface area contributed by atoms with Gasteiger partial charge in [-0.2, -0.15) is 0 Å². The second-order valence-electron chi connectivity index (χ2n) is 4.46. The average Bonchev–Trinajstić information content (AvgIpc) is 2.65. The molecule has 0 amide bonds. The molecule has 2 nitrogen and oxygen atoms in total. The Hall–Kier alpha value is -0.760. The normalized spacial score (nSPS) is 15.2. The first-order valence-corrected chi connectivity index (χ1v) is 6.01. The molecule has 2 atom stereocenters. The van der Waals surface area contributed by atoms with Gasteiger partial charge in [-0.1, -0.05) is 27.2 Å². The molecular formula is C13H23NO. The Kier molecular flexibility index (Phi) is 4.89. The molecule has 2 unspecified atom stereocenters. The fourth-order valence-electron chi connectivity index (χ4n) is 1.95. The van der Waals surface area contributed by atoms with Gasteiger partial charge in [0.2, 0.25) is 0 Å². The Morgan fingerprint density at radius 2 is 2.13 bits per heavy atom. The summed E-state index contributed by atoms with van der Waals surface area (Å²) in [5.74, 6) is 0.717. The zero-order valence-corrected chi connectivity index (χ0v) is 10.1. The molecule has 15 heavy (non-hydrogen) atoms. The zero-order valence-electron chi connectivity index (χ0n) is 10.1. The lowest BCUT2D eigenvalue weighted by Crippen LogP contribution is -2.05. The molecule has 0 saturated carbocycles. The summed E-state index contributed by atoms with van der Waals surface area (Å²) in [6, 6.07) is 2.02. The maximum absolute atomic E-state index is 9.67. The van der Waals surface area contributed by atoms with Gasteiger partial charge in [0.1, 0.15) is 0 Å². The molecule has 86 valence electrons. The third-order valence-electron chi connectivity index (χ3n) is 2.85. The van der Waals surface area contributed by atoms with Crippen molar-refractivity contribution in [3.05, 3.63) is 24.0 Å². The Morgan fingerprint density at radius 3 is 2.73 bits per heavy atom. The molecule has 2 heteroatoms. The number of hydrogen-bond acceptors (Lipinski definition) is 1. The van der Waals surface area contributed by atoms with E-state index in [1.54, 1.807) is 0 Å². The van der Waals surface area contributed by atoms with E-state index in [0.717, 1.165) is 18.5 Å². The summed E-state index contributed by atoms with van der Waals surface area (Å²) in [6.07, 6.45) is 7.14. The van der Waals surface area contributed by atoms with Gasteiger partial charge in [0.05, 0.1) is 6.10 Å². The van der Waals surface area contributed by atoms with Crippen molar-refractivity contribution in [3.63, 3.8) is 0 Å². The molecule has 0 aliphatic rings. The molecule has 1 aromatic rings. The van der Waals surface area contributed by atoms with Crippen molar-refractivity contribution < 1.29 is 5.11 Å². The fraction of sp³-hybridized carbons (Fsp3) is 0.692. The summed E-state index contributed by atoms with van der Waals surface area (Å²) < 4.78 is 2.19. The first-order valence-electron chi connectivity index (χ1n) is 6.01. The van der Waals surface area contributed by atoms with Crippen LogP contribution in [0.25, 0.3) is 0 Å². The van der Waals surface area contributed by atoms with Gasteiger partial charge >= 0.3 is 0 Å². The number of aliphatic hydroxyl groups is 1. The predicted octanol–water partition coefficient (Wildman–Crippen LogP) is 3.37. The van der Waals surface area contributed by atoms with E-state index in [2.05, 4.69) is 30.8 Å². The van der Waals surface area contributed by atoms with Gasteiger partial charge in [-0.05, 0) is 30.4 Å². The van der Waals surface area contributed by atoms with E-state index >= 15 is 0 Å². The molecule has 1 heterocycles. The van der Waals surface area contributed by atoms with Gasteiger partial charge < -0.3 is 9.67 Å². The van der Waals surface area contributed by atoms with Crippen LogP contribution in [-0.2, 0) is 6.54 Å². The zero-order chi connectivity index (χ0) is 11.3. The van der Waals surface area contributed by atoms with Crippen LogP contribution in [0.15, 0.2) is 18.5 Å². The van der Waals surface area contributed by atoms with Crippen LogP contribution in [0.4, 0.5) is 0 Å². The fourth-order valence-corrected chi connectivity index (χ4v) is 1.95. The SMILES string of the molecule is CCCC(C)Cn1ccc(C(O)CC)c1. The van der Waals surface area contributed by atoms with Gasteiger partial charge in [0, 0.05) is 18.9 Å².